The third kappa shape index (κ3) is 1.93. The Hall–Kier alpha value is 0.0200. The Morgan fingerprint density at radius 1 is 1.54 bits per heavy atom. The molecule has 0 aromatic carbocycles. The van der Waals surface area contributed by atoms with E-state index in [-0.39, 0.29) is 4.75 Å². The van der Waals surface area contributed by atoms with Crippen LogP contribution in [0.15, 0.2) is 0 Å². The molecular weight excluding hydrogens is 180 g/mol. The average Bonchev–Trinajstić information content (AvgIpc) is 2.72. The van der Waals surface area contributed by atoms with Gasteiger partial charge in [0, 0.05) is 0 Å². The Morgan fingerprint density at radius 3 is 2.85 bits per heavy atom. The molecule has 0 bridgehead atoms. The van der Waals surface area contributed by atoms with Crippen molar-refractivity contribution in [2.24, 2.45) is 11.8 Å². The van der Waals surface area contributed by atoms with Gasteiger partial charge in [0.1, 0.15) is 6.29 Å². The van der Waals surface area contributed by atoms with Crippen LogP contribution in [0, 0.1) is 11.8 Å². The molecule has 1 aliphatic heterocycles. The van der Waals surface area contributed by atoms with Crippen LogP contribution in [0.4, 0.5) is 0 Å². The van der Waals surface area contributed by atoms with Crippen molar-refractivity contribution in [3.8, 4) is 0 Å². The van der Waals surface area contributed by atoms with Gasteiger partial charge < -0.3 is 4.79 Å². The van der Waals surface area contributed by atoms with Crippen molar-refractivity contribution in [1.82, 2.24) is 0 Å². The van der Waals surface area contributed by atoms with E-state index in [9.17, 15) is 4.79 Å². The molecule has 1 saturated carbocycles. The Balaban J connectivity index is 1.88. The van der Waals surface area contributed by atoms with E-state index >= 15 is 0 Å². The van der Waals surface area contributed by atoms with Gasteiger partial charge in [0.05, 0.1) is 4.75 Å². The van der Waals surface area contributed by atoms with Crippen LogP contribution in [-0.2, 0) is 4.79 Å². The molecule has 0 N–H and O–H groups in total. The van der Waals surface area contributed by atoms with Gasteiger partial charge in [-0.3, -0.25) is 0 Å². The lowest BCUT2D eigenvalue weighted by Crippen LogP contribution is -2.23. The molecule has 0 spiro atoms. The zero-order valence-corrected chi connectivity index (χ0v) is 9.11. The minimum atomic E-state index is 0.0363. The summed E-state index contributed by atoms with van der Waals surface area (Å²) in [5.41, 5.74) is 0. The molecule has 1 nitrogen and oxygen atoms in total. The predicted octanol–water partition coefficient (Wildman–Crippen LogP) is 2.89. The van der Waals surface area contributed by atoms with Crippen molar-refractivity contribution in [1.29, 1.82) is 0 Å². The van der Waals surface area contributed by atoms with E-state index in [1.54, 1.807) is 0 Å². The van der Waals surface area contributed by atoms with Gasteiger partial charge in [-0.05, 0) is 43.3 Å². The zero-order chi connectivity index (χ0) is 9.31. The van der Waals surface area contributed by atoms with Crippen LogP contribution < -0.4 is 0 Å². The fraction of sp³-hybridized carbons (Fsp3) is 0.909. The molecule has 0 aromatic rings. The van der Waals surface area contributed by atoms with Crippen molar-refractivity contribution in [2.45, 2.75) is 43.8 Å². The van der Waals surface area contributed by atoms with Gasteiger partial charge in [-0.2, -0.15) is 0 Å². The second kappa shape index (κ2) is 3.64. The second-order valence-corrected chi connectivity index (χ2v) is 6.01. The Kier molecular flexibility index (Phi) is 2.68. The first kappa shape index (κ1) is 9.57. The molecule has 2 rings (SSSR count). The Bertz CT molecular complexity index is 196. The largest absolute Gasteiger partial charge is 0.302 e. The lowest BCUT2D eigenvalue weighted by Gasteiger charge is -2.20. The van der Waals surface area contributed by atoms with E-state index in [0.717, 1.165) is 18.3 Å². The summed E-state index contributed by atoms with van der Waals surface area (Å²) in [5, 5.41) is 0. The first-order valence-electron chi connectivity index (χ1n) is 5.40. The molecule has 2 aliphatic rings. The van der Waals surface area contributed by atoms with Gasteiger partial charge in [0.25, 0.3) is 0 Å². The third-order valence-electron chi connectivity index (χ3n) is 3.55. The highest BCUT2D eigenvalue weighted by Gasteiger charge is 2.44. The van der Waals surface area contributed by atoms with Crippen LogP contribution in [0.25, 0.3) is 0 Å². The van der Waals surface area contributed by atoms with Crippen molar-refractivity contribution in [3.05, 3.63) is 0 Å². The quantitative estimate of drug-likeness (QED) is 0.646. The van der Waals surface area contributed by atoms with E-state index in [4.69, 9.17) is 0 Å². The van der Waals surface area contributed by atoms with Crippen LogP contribution in [0.5, 0.6) is 0 Å². The Labute approximate surface area is 84.7 Å². The van der Waals surface area contributed by atoms with Crippen molar-refractivity contribution in [3.63, 3.8) is 0 Å². The molecule has 3 atom stereocenters. The van der Waals surface area contributed by atoms with Gasteiger partial charge in [0.2, 0.25) is 0 Å². The first-order chi connectivity index (χ1) is 6.29. The van der Waals surface area contributed by atoms with Crippen LogP contribution in [-0.4, -0.2) is 16.8 Å². The maximum absolute atomic E-state index is 11.1. The lowest BCUT2D eigenvalue weighted by molar-refractivity contribution is -0.110. The molecule has 0 radical (unpaired) electrons. The zero-order valence-electron chi connectivity index (χ0n) is 8.29. The van der Waals surface area contributed by atoms with Crippen LogP contribution in [0.2, 0.25) is 0 Å². The summed E-state index contributed by atoms with van der Waals surface area (Å²) in [6, 6.07) is 0. The van der Waals surface area contributed by atoms with E-state index < -0.39 is 0 Å². The summed E-state index contributed by atoms with van der Waals surface area (Å²) in [6.45, 7) is 2.26. The smallest absolute Gasteiger partial charge is 0.136 e. The number of thioether (sulfide) groups is 1. The van der Waals surface area contributed by atoms with E-state index in [1.807, 2.05) is 11.8 Å². The first-order valence-corrected chi connectivity index (χ1v) is 6.38. The number of carbonyl (C=O) groups excluding carboxylic acids is 1. The molecule has 1 aliphatic carbocycles. The maximum atomic E-state index is 11.1. The number of aldehydes is 1. The summed E-state index contributed by atoms with van der Waals surface area (Å²) < 4.78 is 0.0363. The van der Waals surface area contributed by atoms with Crippen molar-refractivity contribution in [2.75, 3.05) is 5.75 Å². The lowest BCUT2D eigenvalue weighted by atomic mass is 9.97. The number of hydrogen-bond donors (Lipinski definition) is 0. The summed E-state index contributed by atoms with van der Waals surface area (Å²) >= 11 is 1.90. The maximum Gasteiger partial charge on any atom is 0.136 e. The topological polar surface area (TPSA) is 17.1 Å². The highest BCUT2D eigenvalue weighted by molar-refractivity contribution is 8.01. The average molecular weight is 198 g/mol. The monoisotopic (exact) mass is 198 g/mol. The molecule has 1 saturated heterocycles. The Morgan fingerprint density at radius 2 is 2.38 bits per heavy atom. The SMILES string of the molecule is CC[C@@H]1C[C@H]1CC1(C=O)CCCS1. The molecular formula is C11H18OS. The summed E-state index contributed by atoms with van der Waals surface area (Å²) in [5.74, 6) is 3.02. The van der Waals surface area contributed by atoms with Crippen molar-refractivity contribution < 1.29 is 4.79 Å². The van der Waals surface area contributed by atoms with E-state index in [0.29, 0.717) is 0 Å². The van der Waals surface area contributed by atoms with Crippen LogP contribution in [0.3, 0.4) is 0 Å². The number of hydrogen-bond acceptors (Lipinski definition) is 2. The standard InChI is InChI=1S/C11H18OS/c1-2-9-6-10(9)7-11(8-12)4-3-5-13-11/h8-10H,2-7H2,1H3/t9-,10+,11?/m1/s1. The summed E-state index contributed by atoms with van der Waals surface area (Å²) in [7, 11) is 0. The molecule has 0 aromatic heterocycles. The third-order valence-corrected chi connectivity index (χ3v) is 5.08. The van der Waals surface area contributed by atoms with Gasteiger partial charge in [0.15, 0.2) is 0 Å². The number of carbonyl (C=O) groups is 1. The van der Waals surface area contributed by atoms with E-state index in [1.165, 1.54) is 37.7 Å². The van der Waals surface area contributed by atoms with Crippen LogP contribution >= 0.6 is 11.8 Å². The number of rotatable bonds is 4. The minimum Gasteiger partial charge on any atom is -0.302 e. The minimum absolute atomic E-state index is 0.0363. The van der Waals surface area contributed by atoms with Gasteiger partial charge >= 0.3 is 0 Å². The molecule has 0 amide bonds. The van der Waals surface area contributed by atoms with Gasteiger partial charge in [-0.25, -0.2) is 0 Å². The highest BCUT2D eigenvalue weighted by Crippen LogP contribution is 2.51. The van der Waals surface area contributed by atoms with Gasteiger partial charge in [-0.1, -0.05) is 13.3 Å². The fourth-order valence-corrected chi connectivity index (χ4v) is 3.91. The van der Waals surface area contributed by atoms with Crippen molar-refractivity contribution >= 4 is 18.0 Å². The van der Waals surface area contributed by atoms with Crippen LogP contribution in [0.1, 0.15) is 39.0 Å². The molecule has 2 heteroatoms. The molecule has 74 valence electrons. The molecule has 2 fully saturated rings. The highest BCUT2D eigenvalue weighted by atomic mass is 32.2. The molecule has 1 unspecified atom stereocenters. The van der Waals surface area contributed by atoms with E-state index in [2.05, 4.69) is 6.92 Å². The predicted molar refractivity (Wildman–Crippen MR) is 57.0 cm³/mol. The molecule has 1 heterocycles. The summed E-state index contributed by atoms with van der Waals surface area (Å²) in [6.07, 6.45) is 7.47. The van der Waals surface area contributed by atoms with Gasteiger partial charge in [-0.15, -0.1) is 11.8 Å². The second-order valence-electron chi connectivity index (χ2n) is 4.50. The normalized spacial score (nSPS) is 43.5. The summed E-state index contributed by atoms with van der Waals surface area (Å²) in [4.78, 5) is 11.1. The fourth-order valence-electron chi connectivity index (χ4n) is 2.53. The molecule has 13 heavy (non-hydrogen) atoms.